The first-order valence-corrected chi connectivity index (χ1v) is 7.62. The van der Waals surface area contributed by atoms with Crippen LogP contribution in [0.3, 0.4) is 0 Å². The van der Waals surface area contributed by atoms with E-state index in [2.05, 4.69) is 58.5 Å². The van der Waals surface area contributed by atoms with E-state index in [-0.39, 0.29) is 0 Å². The zero-order chi connectivity index (χ0) is 16.4. The summed E-state index contributed by atoms with van der Waals surface area (Å²) >= 11 is 0. The molecule has 1 aromatic carbocycles. The molecule has 0 spiro atoms. The molecule has 0 fully saturated rings. The van der Waals surface area contributed by atoms with Crippen molar-refractivity contribution in [2.24, 2.45) is 5.10 Å². The lowest BCUT2D eigenvalue weighted by atomic mass is 10.0. The quantitative estimate of drug-likeness (QED) is 0.696. The molecule has 0 unspecified atom stereocenters. The first-order chi connectivity index (χ1) is 11.0. The Hall–Kier alpha value is -2.76. The van der Waals surface area contributed by atoms with Crippen molar-refractivity contribution < 1.29 is 0 Å². The molecule has 0 N–H and O–H groups in total. The van der Waals surface area contributed by atoms with Gasteiger partial charge in [0.15, 0.2) is 0 Å². The molecule has 118 valence electrons. The molecular weight excluding hydrogens is 288 g/mol. The number of benzene rings is 1. The summed E-state index contributed by atoms with van der Waals surface area (Å²) in [6.45, 7) is 8.29. The molecule has 0 atom stereocenters. The van der Waals surface area contributed by atoms with Crippen LogP contribution in [-0.2, 0) is 0 Å². The summed E-state index contributed by atoms with van der Waals surface area (Å²) in [5.41, 5.74) is 4.27. The highest BCUT2D eigenvalue weighted by Gasteiger charge is 2.10. The molecule has 0 saturated heterocycles. The smallest absolute Gasteiger partial charge is 0.202 e. The van der Waals surface area contributed by atoms with Crippen molar-refractivity contribution in [3.05, 3.63) is 59.2 Å². The molecule has 0 radical (unpaired) electrons. The summed E-state index contributed by atoms with van der Waals surface area (Å²) < 4.78 is 3.36. The molecule has 23 heavy (non-hydrogen) atoms. The highest BCUT2D eigenvalue weighted by Crippen LogP contribution is 2.14. The van der Waals surface area contributed by atoms with Crippen molar-refractivity contribution in [1.29, 1.82) is 0 Å². The second-order valence-corrected chi connectivity index (χ2v) is 5.88. The Balaban J connectivity index is 1.86. The standard InChI is InChI=1S/C17H20N6/c1-12(2)16-7-5-15(6-8-16)10-19-22-11-18-20-17(22)23-14(4)9-13(3)21-23/h5-12H,1-4H3/b19-10-. The van der Waals surface area contributed by atoms with Crippen LogP contribution in [0.25, 0.3) is 5.95 Å². The molecule has 0 aliphatic carbocycles. The maximum absolute atomic E-state index is 4.44. The lowest BCUT2D eigenvalue weighted by Gasteiger charge is -2.05. The summed E-state index contributed by atoms with van der Waals surface area (Å²) in [6, 6.07) is 10.4. The lowest BCUT2D eigenvalue weighted by molar-refractivity contribution is 0.717. The van der Waals surface area contributed by atoms with E-state index in [4.69, 9.17) is 0 Å². The van der Waals surface area contributed by atoms with E-state index in [1.807, 2.05) is 19.9 Å². The largest absolute Gasteiger partial charge is 0.273 e. The van der Waals surface area contributed by atoms with Gasteiger partial charge in [0.2, 0.25) is 0 Å². The highest BCUT2D eigenvalue weighted by molar-refractivity contribution is 5.79. The van der Waals surface area contributed by atoms with Crippen molar-refractivity contribution in [2.75, 3.05) is 0 Å². The van der Waals surface area contributed by atoms with E-state index in [0.29, 0.717) is 11.9 Å². The van der Waals surface area contributed by atoms with Crippen LogP contribution in [0.2, 0.25) is 0 Å². The summed E-state index contributed by atoms with van der Waals surface area (Å²) in [5, 5.41) is 16.9. The zero-order valence-electron chi connectivity index (χ0n) is 13.8. The number of hydrogen-bond acceptors (Lipinski definition) is 4. The van der Waals surface area contributed by atoms with Crippen LogP contribution in [-0.4, -0.2) is 30.9 Å². The van der Waals surface area contributed by atoms with Gasteiger partial charge < -0.3 is 0 Å². The Morgan fingerprint density at radius 3 is 2.48 bits per heavy atom. The molecule has 2 heterocycles. The third kappa shape index (κ3) is 3.21. The third-order valence-electron chi connectivity index (χ3n) is 3.65. The minimum Gasteiger partial charge on any atom is -0.202 e. The summed E-state index contributed by atoms with van der Waals surface area (Å²) in [7, 11) is 0. The fraction of sp³-hybridized carbons (Fsp3) is 0.294. The van der Waals surface area contributed by atoms with Crippen LogP contribution in [0, 0.1) is 13.8 Å². The van der Waals surface area contributed by atoms with Gasteiger partial charge in [-0.15, -0.1) is 10.2 Å². The number of rotatable bonds is 4. The van der Waals surface area contributed by atoms with E-state index in [0.717, 1.165) is 17.0 Å². The molecule has 0 bridgehead atoms. The van der Waals surface area contributed by atoms with E-state index >= 15 is 0 Å². The molecule has 0 aliphatic heterocycles. The van der Waals surface area contributed by atoms with Gasteiger partial charge in [0.25, 0.3) is 5.95 Å². The van der Waals surface area contributed by atoms with Gasteiger partial charge in [-0.1, -0.05) is 38.1 Å². The van der Waals surface area contributed by atoms with E-state index in [9.17, 15) is 0 Å². The van der Waals surface area contributed by atoms with Gasteiger partial charge in [-0.3, -0.25) is 0 Å². The Kier molecular flexibility index (Phi) is 4.06. The summed E-state index contributed by atoms with van der Waals surface area (Å²) in [5.74, 6) is 1.10. The van der Waals surface area contributed by atoms with Crippen molar-refractivity contribution in [2.45, 2.75) is 33.6 Å². The Bertz CT molecular complexity index is 823. The molecule has 0 amide bonds. The number of hydrogen-bond donors (Lipinski definition) is 0. The van der Waals surface area contributed by atoms with Gasteiger partial charge >= 0.3 is 0 Å². The first-order valence-electron chi connectivity index (χ1n) is 7.62. The van der Waals surface area contributed by atoms with Crippen molar-refractivity contribution in [1.82, 2.24) is 24.7 Å². The Morgan fingerprint density at radius 2 is 1.87 bits per heavy atom. The average molecular weight is 308 g/mol. The molecule has 6 heteroatoms. The topological polar surface area (TPSA) is 60.9 Å². The predicted octanol–water partition coefficient (Wildman–Crippen LogP) is 3.09. The maximum atomic E-state index is 4.44. The molecule has 3 rings (SSSR count). The Morgan fingerprint density at radius 1 is 1.13 bits per heavy atom. The van der Waals surface area contributed by atoms with Crippen LogP contribution in [0.4, 0.5) is 0 Å². The minimum atomic E-state index is 0.525. The molecule has 0 aliphatic rings. The Labute approximate surface area is 135 Å². The lowest BCUT2D eigenvalue weighted by Crippen LogP contribution is -2.06. The van der Waals surface area contributed by atoms with Gasteiger partial charge in [-0.05, 0) is 37.0 Å². The molecule has 6 nitrogen and oxygen atoms in total. The number of aryl methyl sites for hydroxylation is 2. The van der Waals surface area contributed by atoms with Crippen LogP contribution in [0.15, 0.2) is 41.8 Å². The van der Waals surface area contributed by atoms with Gasteiger partial charge in [-0.25, -0.2) is 4.68 Å². The number of nitrogens with zero attached hydrogens (tertiary/aromatic N) is 6. The summed E-state index contributed by atoms with van der Waals surface area (Å²) in [6.07, 6.45) is 3.37. The predicted molar refractivity (Wildman–Crippen MR) is 90.1 cm³/mol. The third-order valence-corrected chi connectivity index (χ3v) is 3.65. The molecular formula is C17H20N6. The zero-order valence-corrected chi connectivity index (χ0v) is 13.8. The van der Waals surface area contributed by atoms with Gasteiger partial charge in [0.05, 0.1) is 11.9 Å². The van der Waals surface area contributed by atoms with Gasteiger partial charge in [0, 0.05) is 5.69 Å². The fourth-order valence-electron chi connectivity index (χ4n) is 2.37. The van der Waals surface area contributed by atoms with Crippen molar-refractivity contribution >= 4 is 6.21 Å². The van der Waals surface area contributed by atoms with Crippen LogP contribution in [0.5, 0.6) is 0 Å². The maximum Gasteiger partial charge on any atom is 0.273 e. The fourth-order valence-corrected chi connectivity index (χ4v) is 2.37. The minimum absolute atomic E-state index is 0.525. The normalized spacial score (nSPS) is 11.7. The van der Waals surface area contributed by atoms with E-state index in [1.54, 1.807) is 21.9 Å². The number of aromatic nitrogens is 5. The highest BCUT2D eigenvalue weighted by atomic mass is 15.5. The molecule has 0 saturated carbocycles. The monoisotopic (exact) mass is 308 g/mol. The van der Waals surface area contributed by atoms with Crippen LogP contribution in [0.1, 0.15) is 42.3 Å². The summed E-state index contributed by atoms with van der Waals surface area (Å²) in [4.78, 5) is 0. The van der Waals surface area contributed by atoms with Gasteiger partial charge in [0.1, 0.15) is 6.33 Å². The first kappa shape index (κ1) is 15.1. The average Bonchev–Trinajstić information content (AvgIpc) is 3.11. The van der Waals surface area contributed by atoms with Gasteiger partial charge in [-0.2, -0.15) is 14.9 Å². The van der Waals surface area contributed by atoms with Crippen molar-refractivity contribution in [3.8, 4) is 5.95 Å². The second-order valence-electron chi connectivity index (χ2n) is 5.88. The molecule has 2 aromatic heterocycles. The SMILES string of the molecule is Cc1cc(C)n(-c2nncn2/N=C\c2ccc(C(C)C)cc2)n1. The van der Waals surface area contributed by atoms with Crippen LogP contribution < -0.4 is 0 Å². The molecule has 3 aromatic rings. The van der Waals surface area contributed by atoms with E-state index < -0.39 is 0 Å². The van der Waals surface area contributed by atoms with Crippen molar-refractivity contribution in [3.63, 3.8) is 0 Å². The van der Waals surface area contributed by atoms with E-state index in [1.165, 1.54) is 5.56 Å². The second kappa shape index (κ2) is 6.16. The van der Waals surface area contributed by atoms with Crippen LogP contribution >= 0.6 is 0 Å².